The Bertz CT molecular complexity index is 254. The lowest BCUT2D eigenvalue weighted by Gasteiger charge is -2.27. The summed E-state index contributed by atoms with van der Waals surface area (Å²) in [6, 6.07) is 0. The molecule has 2 rings (SSSR count). The van der Waals surface area contributed by atoms with E-state index >= 15 is 0 Å². The Labute approximate surface area is 119 Å². The van der Waals surface area contributed by atoms with Crippen LogP contribution in [0.15, 0.2) is 0 Å². The van der Waals surface area contributed by atoms with Crippen LogP contribution in [0.25, 0.3) is 0 Å². The van der Waals surface area contributed by atoms with Crippen molar-refractivity contribution in [2.45, 2.75) is 32.1 Å². The van der Waals surface area contributed by atoms with E-state index in [0.717, 1.165) is 30.8 Å². The molecule has 0 saturated heterocycles. The van der Waals surface area contributed by atoms with Gasteiger partial charge in [0.2, 0.25) is 0 Å². The molecule has 0 spiro atoms. The van der Waals surface area contributed by atoms with Crippen molar-refractivity contribution in [3.05, 3.63) is 0 Å². The molecule has 0 aromatic heterocycles. The molecular weight excluding hydrogens is 234 g/mol. The Balaban J connectivity index is 1.47. The first kappa shape index (κ1) is 15.3. The summed E-state index contributed by atoms with van der Waals surface area (Å²) in [7, 11) is 6.58. The number of rotatable bonds is 9. The highest BCUT2D eigenvalue weighted by molar-refractivity contribution is 4.90. The topological polar surface area (TPSA) is 18.5 Å². The Kier molecular flexibility index (Phi) is 6.11. The monoisotopic (exact) mass is 267 g/mol. The average molecular weight is 267 g/mol. The van der Waals surface area contributed by atoms with Gasteiger partial charge >= 0.3 is 0 Å². The third kappa shape index (κ3) is 5.05. The molecule has 3 unspecified atom stereocenters. The quantitative estimate of drug-likeness (QED) is 0.644. The van der Waals surface area contributed by atoms with Crippen LogP contribution in [0.5, 0.6) is 0 Å². The van der Waals surface area contributed by atoms with Crippen LogP contribution in [-0.4, -0.2) is 63.7 Å². The van der Waals surface area contributed by atoms with Crippen molar-refractivity contribution in [3.8, 4) is 0 Å². The molecule has 0 aromatic rings. The van der Waals surface area contributed by atoms with Gasteiger partial charge < -0.3 is 15.1 Å². The first-order valence-corrected chi connectivity index (χ1v) is 8.19. The zero-order chi connectivity index (χ0) is 13.7. The second-order valence-corrected chi connectivity index (χ2v) is 7.10. The molecule has 0 heterocycles. The summed E-state index contributed by atoms with van der Waals surface area (Å²) >= 11 is 0. The maximum Gasteiger partial charge on any atom is 0.0104 e. The van der Waals surface area contributed by atoms with E-state index in [1.807, 2.05) is 0 Å². The van der Waals surface area contributed by atoms with Gasteiger partial charge in [0.25, 0.3) is 0 Å². The van der Waals surface area contributed by atoms with Gasteiger partial charge in [0.05, 0.1) is 0 Å². The fourth-order valence-corrected chi connectivity index (χ4v) is 4.01. The second-order valence-electron chi connectivity index (χ2n) is 7.10. The maximum atomic E-state index is 3.56. The molecule has 112 valence electrons. The lowest BCUT2D eigenvalue weighted by Crippen LogP contribution is -2.34. The Morgan fingerprint density at radius 3 is 2.47 bits per heavy atom. The summed E-state index contributed by atoms with van der Waals surface area (Å²) in [6.45, 7) is 6.02. The minimum absolute atomic E-state index is 1.01. The van der Waals surface area contributed by atoms with Crippen LogP contribution in [0, 0.1) is 17.8 Å². The second kappa shape index (κ2) is 7.61. The van der Waals surface area contributed by atoms with Crippen molar-refractivity contribution >= 4 is 0 Å². The number of nitrogens with one attached hydrogen (secondary N) is 1. The molecule has 1 N–H and O–H groups in total. The predicted octanol–water partition coefficient (Wildman–Crippen LogP) is 1.90. The van der Waals surface area contributed by atoms with Crippen LogP contribution in [0.2, 0.25) is 0 Å². The van der Waals surface area contributed by atoms with Gasteiger partial charge in [0.15, 0.2) is 0 Å². The van der Waals surface area contributed by atoms with E-state index in [-0.39, 0.29) is 0 Å². The molecule has 3 nitrogen and oxygen atoms in total. The Morgan fingerprint density at radius 2 is 1.84 bits per heavy atom. The van der Waals surface area contributed by atoms with Crippen molar-refractivity contribution in [2.24, 2.45) is 17.8 Å². The van der Waals surface area contributed by atoms with E-state index in [1.54, 1.807) is 6.42 Å². The number of fused-ring (bicyclic) bond motifs is 2. The fraction of sp³-hybridized carbons (Fsp3) is 1.00. The van der Waals surface area contributed by atoms with Crippen LogP contribution in [-0.2, 0) is 0 Å². The lowest BCUT2D eigenvalue weighted by atomic mass is 9.88. The summed E-state index contributed by atoms with van der Waals surface area (Å²) in [5.41, 5.74) is 0. The van der Waals surface area contributed by atoms with Gasteiger partial charge in [0.1, 0.15) is 0 Å². The van der Waals surface area contributed by atoms with Gasteiger partial charge in [-0.2, -0.15) is 0 Å². The normalized spacial score (nSPS) is 29.8. The summed E-state index contributed by atoms with van der Waals surface area (Å²) < 4.78 is 0. The van der Waals surface area contributed by atoms with Crippen molar-refractivity contribution < 1.29 is 0 Å². The van der Waals surface area contributed by atoms with Crippen LogP contribution < -0.4 is 5.32 Å². The van der Waals surface area contributed by atoms with Gasteiger partial charge in [-0.05, 0) is 77.7 Å². The van der Waals surface area contributed by atoms with Gasteiger partial charge in [-0.15, -0.1) is 0 Å². The van der Waals surface area contributed by atoms with Crippen molar-refractivity contribution in [3.63, 3.8) is 0 Å². The molecule has 0 radical (unpaired) electrons. The van der Waals surface area contributed by atoms with Crippen LogP contribution in [0.3, 0.4) is 0 Å². The molecule has 3 heteroatoms. The molecule has 0 aliphatic heterocycles. The van der Waals surface area contributed by atoms with E-state index in [4.69, 9.17) is 0 Å². The van der Waals surface area contributed by atoms with Gasteiger partial charge in [0, 0.05) is 19.6 Å². The van der Waals surface area contributed by atoms with Crippen LogP contribution in [0.1, 0.15) is 32.1 Å². The van der Waals surface area contributed by atoms with E-state index in [1.165, 1.54) is 45.3 Å². The summed E-state index contributed by atoms with van der Waals surface area (Å²) in [6.07, 6.45) is 7.36. The van der Waals surface area contributed by atoms with Crippen molar-refractivity contribution in [1.82, 2.24) is 15.1 Å². The summed E-state index contributed by atoms with van der Waals surface area (Å²) in [4.78, 5) is 4.80. The van der Waals surface area contributed by atoms with Crippen LogP contribution >= 0.6 is 0 Å². The van der Waals surface area contributed by atoms with E-state index in [2.05, 4.69) is 36.3 Å². The smallest absolute Gasteiger partial charge is 0.0104 e. The van der Waals surface area contributed by atoms with Gasteiger partial charge in [-0.1, -0.05) is 6.42 Å². The van der Waals surface area contributed by atoms with E-state index < -0.39 is 0 Å². The molecule has 0 aromatic carbocycles. The molecule has 19 heavy (non-hydrogen) atoms. The molecule has 2 aliphatic carbocycles. The molecule has 2 saturated carbocycles. The average Bonchev–Trinajstić information content (AvgIpc) is 2.95. The van der Waals surface area contributed by atoms with Crippen LogP contribution in [0.4, 0.5) is 0 Å². The molecular formula is C16H33N3. The van der Waals surface area contributed by atoms with Crippen molar-refractivity contribution in [2.75, 3.05) is 53.9 Å². The highest BCUT2D eigenvalue weighted by Crippen LogP contribution is 2.48. The maximum absolute atomic E-state index is 3.56. The summed E-state index contributed by atoms with van der Waals surface area (Å²) in [5, 5.41) is 3.56. The lowest BCUT2D eigenvalue weighted by molar-refractivity contribution is 0.220. The SMILES string of the molecule is CN(C)CCCNCCN(C)CC1CC2CCC1C2. The highest BCUT2D eigenvalue weighted by Gasteiger charge is 2.39. The Morgan fingerprint density at radius 1 is 1.00 bits per heavy atom. The number of nitrogens with zero attached hydrogens (tertiary/aromatic N) is 2. The molecule has 3 atom stereocenters. The van der Waals surface area contributed by atoms with E-state index in [9.17, 15) is 0 Å². The van der Waals surface area contributed by atoms with Gasteiger partial charge in [-0.3, -0.25) is 0 Å². The molecule has 2 bridgehead atoms. The Hall–Kier alpha value is -0.120. The van der Waals surface area contributed by atoms with Crippen molar-refractivity contribution in [1.29, 1.82) is 0 Å². The number of likely N-dealkylation sites (N-methyl/N-ethyl adjacent to an activating group) is 1. The zero-order valence-corrected chi connectivity index (χ0v) is 13.2. The number of hydrogen-bond donors (Lipinski definition) is 1. The standard InChI is InChI=1S/C16H33N3/c1-18(2)9-4-7-17-8-10-19(3)13-16-12-14-5-6-15(16)11-14/h14-17H,4-13H2,1-3H3. The van der Waals surface area contributed by atoms with E-state index in [0.29, 0.717) is 0 Å². The molecule has 2 fully saturated rings. The molecule has 0 amide bonds. The minimum atomic E-state index is 1.01. The first-order valence-electron chi connectivity index (χ1n) is 8.19. The number of hydrogen-bond acceptors (Lipinski definition) is 3. The fourth-order valence-electron chi connectivity index (χ4n) is 4.01. The predicted molar refractivity (Wildman–Crippen MR) is 82.5 cm³/mol. The third-order valence-corrected chi connectivity index (χ3v) is 5.06. The minimum Gasteiger partial charge on any atom is -0.315 e. The highest BCUT2D eigenvalue weighted by atomic mass is 15.1. The summed E-state index contributed by atoms with van der Waals surface area (Å²) in [5.74, 6) is 3.17. The van der Waals surface area contributed by atoms with Gasteiger partial charge in [-0.25, -0.2) is 0 Å². The third-order valence-electron chi connectivity index (χ3n) is 5.06. The first-order chi connectivity index (χ1) is 9.15. The molecule has 2 aliphatic rings. The zero-order valence-electron chi connectivity index (χ0n) is 13.2. The largest absolute Gasteiger partial charge is 0.315 e.